The Labute approximate surface area is 68.6 Å². The smallest absolute Gasteiger partial charge is 0.0201 e. The summed E-state index contributed by atoms with van der Waals surface area (Å²) in [5.74, 6) is 0. The minimum absolute atomic E-state index is 0. The molecule has 4 heteroatoms. The lowest BCUT2D eigenvalue weighted by Gasteiger charge is -2.02. The van der Waals surface area contributed by atoms with E-state index in [4.69, 9.17) is 0 Å². The Balaban J connectivity index is 0. The molecular weight excluding hydrogens is 159 g/mol. The third kappa shape index (κ3) is 3.98. The molecule has 0 aromatic heterocycles. The van der Waals surface area contributed by atoms with Gasteiger partial charge in [-0.3, -0.25) is 0 Å². The average molecular weight is 173 g/mol. The van der Waals surface area contributed by atoms with Crippen molar-refractivity contribution in [3.05, 3.63) is 0 Å². The molecule has 0 aromatic rings. The van der Waals surface area contributed by atoms with Gasteiger partial charge < -0.3 is 10.6 Å². The van der Waals surface area contributed by atoms with Gasteiger partial charge in [0.15, 0.2) is 0 Å². The highest BCUT2D eigenvalue weighted by molar-refractivity contribution is 5.85. The second-order valence-electron chi connectivity index (χ2n) is 1.98. The summed E-state index contributed by atoms with van der Waals surface area (Å²) in [5, 5.41) is 6.46. The van der Waals surface area contributed by atoms with Crippen molar-refractivity contribution in [2.24, 2.45) is 0 Å². The molecule has 0 aromatic carbocycles. The van der Waals surface area contributed by atoms with Gasteiger partial charge in [-0.2, -0.15) is 0 Å². The van der Waals surface area contributed by atoms with Gasteiger partial charge in [0.1, 0.15) is 0 Å². The standard InChI is InChI=1S/C5H12N2.2ClH/c1-6-5-2-3-7-4-5;;/h5-7H,2-4H2,1H3;2*1H. The predicted octanol–water partition coefficient (Wildman–Crippen LogP) is 0.411. The minimum Gasteiger partial charge on any atom is -0.316 e. The highest BCUT2D eigenvalue weighted by Crippen LogP contribution is 1.93. The lowest BCUT2D eigenvalue weighted by atomic mass is 10.3. The Morgan fingerprint density at radius 1 is 1.44 bits per heavy atom. The number of likely N-dealkylation sites (N-methyl/N-ethyl adjacent to an activating group) is 1. The van der Waals surface area contributed by atoms with Gasteiger partial charge in [0.05, 0.1) is 0 Å². The van der Waals surface area contributed by atoms with E-state index in [2.05, 4.69) is 10.6 Å². The van der Waals surface area contributed by atoms with Gasteiger partial charge in [0, 0.05) is 12.6 Å². The second kappa shape index (κ2) is 6.62. The normalized spacial score (nSPS) is 24.3. The molecule has 2 nitrogen and oxygen atoms in total. The van der Waals surface area contributed by atoms with Crippen LogP contribution in [0.25, 0.3) is 0 Å². The molecule has 1 heterocycles. The van der Waals surface area contributed by atoms with Crippen LogP contribution in [0.5, 0.6) is 0 Å². The monoisotopic (exact) mass is 172 g/mol. The fraction of sp³-hybridized carbons (Fsp3) is 1.00. The summed E-state index contributed by atoms with van der Waals surface area (Å²) in [5.41, 5.74) is 0. The van der Waals surface area contributed by atoms with Crippen molar-refractivity contribution >= 4 is 24.8 Å². The van der Waals surface area contributed by atoms with Gasteiger partial charge >= 0.3 is 0 Å². The SMILES string of the molecule is CNC1CCNC1.Cl.Cl. The van der Waals surface area contributed by atoms with Crippen LogP contribution in [-0.4, -0.2) is 26.2 Å². The number of halogens is 2. The molecule has 0 radical (unpaired) electrons. The summed E-state index contributed by atoms with van der Waals surface area (Å²) < 4.78 is 0. The maximum atomic E-state index is 3.26. The van der Waals surface area contributed by atoms with Crippen molar-refractivity contribution in [1.82, 2.24) is 10.6 Å². The molecule has 1 saturated heterocycles. The zero-order valence-electron chi connectivity index (χ0n) is 5.52. The number of hydrogen-bond donors (Lipinski definition) is 2. The van der Waals surface area contributed by atoms with Gasteiger partial charge in [0.2, 0.25) is 0 Å². The molecule has 58 valence electrons. The molecule has 2 N–H and O–H groups in total. The van der Waals surface area contributed by atoms with E-state index in [0.717, 1.165) is 12.6 Å². The van der Waals surface area contributed by atoms with E-state index in [-0.39, 0.29) is 24.8 Å². The zero-order valence-corrected chi connectivity index (χ0v) is 7.15. The van der Waals surface area contributed by atoms with E-state index in [1.54, 1.807) is 0 Å². The summed E-state index contributed by atoms with van der Waals surface area (Å²) in [6, 6.07) is 0.736. The molecule has 1 atom stereocenters. The maximum Gasteiger partial charge on any atom is 0.0201 e. The molecule has 1 aliphatic rings. The number of hydrogen-bond acceptors (Lipinski definition) is 2. The van der Waals surface area contributed by atoms with Crippen LogP contribution in [-0.2, 0) is 0 Å². The first-order chi connectivity index (χ1) is 3.43. The highest BCUT2D eigenvalue weighted by Gasteiger charge is 2.09. The van der Waals surface area contributed by atoms with E-state index >= 15 is 0 Å². The van der Waals surface area contributed by atoms with Crippen LogP contribution in [0, 0.1) is 0 Å². The van der Waals surface area contributed by atoms with Crippen molar-refractivity contribution in [1.29, 1.82) is 0 Å². The van der Waals surface area contributed by atoms with Crippen molar-refractivity contribution in [3.63, 3.8) is 0 Å². The van der Waals surface area contributed by atoms with Gasteiger partial charge in [-0.15, -0.1) is 24.8 Å². The van der Waals surface area contributed by atoms with Crippen LogP contribution in [0.4, 0.5) is 0 Å². The van der Waals surface area contributed by atoms with Crippen molar-refractivity contribution in [2.45, 2.75) is 12.5 Å². The molecule has 0 amide bonds. The third-order valence-corrected chi connectivity index (χ3v) is 1.47. The Kier molecular flexibility index (Phi) is 8.97. The lowest BCUT2D eigenvalue weighted by molar-refractivity contribution is 0.611. The summed E-state index contributed by atoms with van der Waals surface area (Å²) >= 11 is 0. The molecule has 1 unspecified atom stereocenters. The van der Waals surface area contributed by atoms with Gasteiger partial charge in [0.25, 0.3) is 0 Å². The first kappa shape index (κ1) is 12.2. The van der Waals surface area contributed by atoms with Gasteiger partial charge in [-0.25, -0.2) is 0 Å². The van der Waals surface area contributed by atoms with Crippen molar-refractivity contribution in [3.8, 4) is 0 Å². The van der Waals surface area contributed by atoms with Crippen LogP contribution in [0.3, 0.4) is 0 Å². The van der Waals surface area contributed by atoms with Gasteiger partial charge in [-0.1, -0.05) is 0 Å². The maximum absolute atomic E-state index is 3.26. The first-order valence-corrected chi connectivity index (χ1v) is 2.81. The molecule has 0 saturated carbocycles. The molecule has 9 heavy (non-hydrogen) atoms. The summed E-state index contributed by atoms with van der Waals surface area (Å²) in [6.45, 7) is 2.34. The zero-order chi connectivity index (χ0) is 5.11. The van der Waals surface area contributed by atoms with Gasteiger partial charge in [-0.05, 0) is 20.0 Å². The quantitative estimate of drug-likeness (QED) is 0.600. The van der Waals surface area contributed by atoms with E-state index in [0.29, 0.717) is 0 Å². The third-order valence-electron chi connectivity index (χ3n) is 1.47. The number of rotatable bonds is 1. The molecule has 0 spiro atoms. The van der Waals surface area contributed by atoms with Crippen LogP contribution >= 0.6 is 24.8 Å². The van der Waals surface area contributed by atoms with E-state index in [9.17, 15) is 0 Å². The Morgan fingerprint density at radius 3 is 2.33 bits per heavy atom. The molecule has 0 bridgehead atoms. The van der Waals surface area contributed by atoms with Crippen LogP contribution in [0.2, 0.25) is 0 Å². The Morgan fingerprint density at radius 2 is 2.11 bits per heavy atom. The lowest BCUT2D eigenvalue weighted by Crippen LogP contribution is -2.26. The van der Waals surface area contributed by atoms with Crippen LogP contribution in [0.15, 0.2) is 0 Å². The molecule has 1 rings (SSSR count). The largest absolute Gasteiger partial charge is 0.316 e. The predicted molar refractivity (Wildman–Crippen MR) is 44.8 cm³/mol. The Bertz CT molecular complexity index is 54.9. The Hall–Kier alpha value is 0.500. The molecular formula is C5H14Cl2N2. The average Bonchev–Trinajstić information content (AvgIpc) is 2.14. The fourth-order valence-electron chi connectivity index (χ4n) is 0.901. The molecule has 1 aliphatic heterocycles. The van der Waals surface area contributed by atoms with Crippen LogP contribution in [0.1, 0.15) is 6.42 Å². The summed E-state index contributed by atoms with van der Waals surface area (Å²) in [6.07, 6.45) is 1.29. The molecule has 1 fully saturated rings. The highest BCUT2D eigenvalue weighted by atomic mass is 35.5. The minimum atomic E-state index is 0. The van der Waals surface area contributed by atoms with E-state index in [1.807, 2.05) is 7.05 Å². The first-order valence-electron chi connectivity index (χ1n) is 2.81. The van der Waals surface area contributed by atoms with E-state index in [1.165, 1.54) is 13.0 Å². The topological polar surface area (TPSA) is 24.1 Å². The fourth-order valence-corrected chi connectivity index (χ4v) is 0.901. The van der Waals surface area contributed by atoms with E-state index < -0.39 is 0 Å². The summed E-state index contributed by atoms with van der Waals surface area (Å²) in [4.78, 5) is 0. The molecule has 0 aliphatic carbocycles. The number of nitrogens with one attached hydrogen (secondary N) is 2. The van der Waals surface area contributed by atoms with Crippen molar-refractivity contribution in [2.75, 3.05) is 20.1 Å². The van der Waals surface area contributed by atoms with Crippen LogP contribution < -0.4 is 10.6 Å². The second-order valence-corrected chi connectivity index (χ2v) is 1.98. The van der Waals surface area contributed by atoms with Crippen molar-refractivity contribution < 1.29 is 0 Å². The summed E-state index contributed by atoms with van der Waals surface area (Å²) in [7, 11) is 2.01.